The third-order valence-corrected chi connectivity index (χ3v) is 2.51. The Hall–Kier alpha value is -1.86. The Morgan fingerprint density at radius 1 is 1.50 bits per heavy atom. The molecule has 0 atom stereocenters. The Balaban J connectivity index is 2.78. The molecule has 1 aromatic rings. The molecule has 7 nitrogen and oxygen atoms in total. The van der Waals surface area contributed by atoms with E-state index in [2.05, 4.69) is 0 Å². The fraction of sp³-hybridized carbons (Fsp3) is 0.455. The summed E-state index contributed by atoms with van der Waals surface area (Å²) in [5.41, 5.74) is 7.85. The summed E-state index contributed by atoms with van der Waals surface area (Å²) in [5, 5.41) is 0. The molecule has 0 spiro atoms. The first-order valence-corrected chi connectivity index (χ1v) is 5.58. The molecule has 0 bridgehead atoms. The molecule has 18 heavy (non-hydrogen) atoms. The number of carbonyl (C=O) groups is 2. The number of nitrogens with one attached hydrogen (secondary N) is 1. The number of rotatable bonds is 6. The number of hydrogen-bond donors (Lipinski definition) is 3. The van der Waals surface area contributed by atoms with Gasteiger partial charge in [-0.1, -0.05) is 6.92 Å². The summed E-state index contributed by atoms with van der Waals surface area (Å²) in [4.78, 5) is 24.0. The van der Waals surface area contributed by atoms with E-state index in [9.17, 15) is 9.59 Å². The Labute approximate surface area is 105 Å². The largest absolute Gasteiger partial charge is 0.454 e. The number of furan rings is 1. The van der Waals surface area contributed by atoms with Crippen LogP contribution in [0.15, 0.2) is 10.5 Å². The van der Waals surface area contributed by atoms with Crippen molar-refractivity contribution in [2.24, 2.45) is 11.6 Å². The van der Waals surface area contributed by atoms with Gasteiger partial charge in [-0.25, -0.2) is 5.84 Å². The average Bonchev–Trinajstić information content (AvgIpc) is 2.67. The van der Waals surface area contributed by atoms with Gasteiger partial charge in [0.2, 0.25) is 5.91 Å². The lowest BCUT2D eigenvalue weighted by molar-refractivity contribution is -0.119. The van der Waals surface area contributed by atoms with Gasteiger partial charge < -0.3 is 10.2 Å². The summed E-state index contributed by atoms with van der Waals surface area (Å²) in [6, 6.07) is 1.74. The molecule has 0 aliphatic carbocycles. The third-order valence-electron chi connectivity index (χ3n) is 2.51. The van der Waals surface area contributed by atoms with Crippen molar-refractivity contribution in [3.05, 3.63) is 23.2 Å². The molecule has 0 radical (unpaired) electrons. The van der Waals surface area contributed by atoms with Crippen LogP contribution in [0, 0.1) is 6.92 Å². The van der Waals surface area contributed by atoms with Crippen LogP contribution < -0.4 is 17.0 Å². The predicted octanol–water partition coefficient (Wildman–Crippen LogP) is -0.501. The van der Waals surface area contributed by atoms with Gasteiger partial charge in [0.15, 0.2) is 5.76 Å². The minimum Gasteiger partial charge on any atom is -0.454 e. The van der Waals surface area contributed by atoms with E-state index < -0.39 is 11.8 Å². The van der Waals surface area contributed by atoms with E-state index in [4.69, 9.17) is 16.0 Å². The van der Waals surface area contributed by atoms with Gasteiger partial charge in [0, 0.05) is 5.56 Å². The van der Waals surface area contributed by atoms with Gasteiger partial charge in [0.25, 0.3) is 0 Å². The van der Waals surface area contributed by atoms with Crippen LogP contribution in [-0.2, 0) is 11.3 Å². The number of hydrogen-bond acceptors (Lipinski definition) is 5. The zero-order valence-corrected chi connectivity index (χ0v) is 10.5. The van der Waals surface area contributed by atoms with Gasteiger partial charge in [-0.15, -0.1) is 0 Å². The minimum atomic E-state index is -0.475. The van der Waals surface area contributed by atoms with Crippen molar-refractivity contribution >= 4 is 11.8 Å². The number of likely N-dealkylation sites (N-methyl/N-ethyl adjacent to an activating group) is 1. The van der Waals surface area contributed by atoms with Crippen LogP contribution in [0.3, 0.4) is 0 Å². The number of hydrazine groups is 1. The van der Waals surface area contributed by atoms with Crippen LogP contribution in [0.25, 0.3) is 0 Å². The van der Waals surface area contributed by atoms with Gasteiger partial charge in [-0.3, -0.25) is 19.9 Å². The first-order chi connectivity index (χ1) is 8.47. The first-order valence-electron chi connectivity index (χ1n) is 5.58. The summed E-state index contributed by atoms with van der Waals surface area (Å²) >= 11 is 0. The minimum absolute atomic E-state index is 0.147. The fourth-order valence-corrected chi connectivity index (χ4v) is 1.64. The summed E-state index contributed by atoms with van der Waals surface area (Å²) in [5.74, 6) is 4.94. The van der Waals surface area contributed by atoms with Gasteiger partial charge in [-0.2, -0.15) is 0 Å². The fourth-order valence-electron chi connectivity index (χ4n) is 1.64. The lowest BCUT2D eigenvalue weighted by atomic mass is 10.2. The maximum atomic E-state index is 11.4. The molecule has 0 unspecified atom stereocenters. The van der Waals surface area contributed by atoms with E-state index in [1.165, 1.54) is 0 Å². The van der Waals surface area contributed by atoms with E-state index in [0.29, 0.717) is 24.4 Å². The maximum Gasteiger partial charge on any atom is 0.301 e. The lowest BCUT2D eigenvalue weighted by Crippen LogP contribution is -2.33. The molecule has 5 N–H and O–H groups in total. The molecule has 0 aliphatic heterocycles. The number of carbonyl (C=O) groups excluding carboxylic acids is 2. The van der Waals surface area contributed by atoms with Crippen LogP contribution in [-0.4, -0.2) is 29.8 Å². The van der Waals surface area contributed by atoms with Crippen LogP contribution in [0.5, 0.6) is 0 Å². The van der Waals surface area contributed by atoms with E-state index in [1.54, 1.807) is 13.0 Å². The Kier molecular flexibility index (Phi) is 4.87. The second-order valence-electron chi connectivity index (χ2n) is 3.97. The third kappa shape index (κ3) is 3.57. The number of nitrogen functional groups attached to an aromatic ring is 1. The molecular weight excluding hydrogens is 236 g/mol. The number of amides is 2. The number of aryl methyl sites for hydroxylation is 1. The van der Waals surface area contributed by atoms with Gasteiger partial charge in [-0.05, 0) is 19.5 Å². The van der Waals surface area contributed by atoms with Crippen molar-refractivity contribution in [2.75, 3.05) is 13.1 Å². The van der Waals surface area contributed by atoms with Crippen molar-refractivity contribution in [1.82, 2.24) is 10.3 Å². The lowest BCUT2D eigenvalue weighted by Gasteiger charge is -2.16. The Bertz CT molecular complexity index is 441. The van der Waals surface area contributed by atoms with E-state index in [-0.39, 0.29) is 12.3 Å². The zero-order chi connectivity index (χ0) is 13.7. The highest BCUT2D eigenvalue weighted by atomic mass is 16.4. The number of nitrogens with zero attached hydrogens (tertiary/aromatic N) is 1. The van der Waals surface area contributed by atoms with Crippen molar-refractivity contribution < 1.29 is 14.0 Å². The molecule has 0 fully saturated rings. The molecule has 1 rings (SSSR count). The van der Waals surface area contributed by atoms with E-state index in [1.807, 2.05) is 17.2 Å². The van der Waals surface area contributed by atoms with E-state index in [0.717, 1.165) is 0 Å². The summed E-state index contributed by atoms with van der Waals surface area (Å²) in [6.45, 7) is 4.88. The van der Waals surface area contributed by atoms with Gasteiger partial charge >= 0.3 is 5.91 Å². The molecule has 0 saturated carbocycles. The first kappa shape index (κ1) is 14.2. The quantitative estimate of drug-likeness (QED) is 0.359. The van der Waals surface area contributed by atoms with Crippen molar-refractivity contribution in [1.29, 1.82) is 0 Å². The molecule has 7 heteroatoms. The molecular formula is C11H18N4O3. The normalized spacial score (nSPS) is 10.7. The van der Waals surface area contributed by atoms with Crippen molar-refractivity contribution in [2.45, 2.75) is 20.4 Å². The molecule has 1 heterocycles. The predicted molar refractivity (Wildman–Crippen MR) is 65.2 cm³/mol. The standard InChI is InChI=1S/C11H18N4O3/c1-3-15(6-9(12)16)5-8-4-7(2)10(18-8)11(17)14-13/h4H,3,5-6,13H2,1-2H3,(H2,12,16)(H,14,17). The molecule has 1 aromatic heterocycles. The van der Waals surface area contributed by atoms with Crippen molar-refractivity contribution in [3.8, 4) is 0 Å². The Morgan fingerprint density at radius 2 is 2.17 bits per heavy atom. The SMILES string of the molecule is CCN(CC(N)=O)Cc1cc(C)c(C(=O)NN)o1. The molecule has 2 amide bonds. The van der Waals surface area contributed by atoms with Gasteiger partial charge in [0.1, 0.15) is 5.76 Å². The summed E-state index contributed by atoms with van der Waals surface area (Å²) in [7, 11) is 0. The molecule has 100 valence electrons. The smallest absolute Gasteiger partial charge is 0.301 e. The molecule has 0 saturated heterocycles. The van der Waals surface area contributed by atoms with E-state index >= 15 is 0 Å². The average molecular weight is 254 g/mol. The maximum absolute atomic E-state index is 11.4. The second kappa shape index (κ2) is 6.18. The molecule has 0 aliphatic rings. The highest BCUT2D eigenvalue weighted by Gasteiger charge is 2.16. The summed E-state index contributed by atoms with van der Waals surface area (Å²) in [6.07, 6.45) is 0. The van der Waals surface area contributed by atoms with Crippen LogP contribution >= 0.6 is 0 Å². The highest BCUT2D eigenvalue weighted by molar-refractivity contribution is 5.92. The van der Waals surface area contributed by atoms with Crippen molar-refractivity contribution in [3.63, 3.8) is 0 Å². The van der Waals surface area contributed by atoms with Crippen LogP contribution in [0.2, 0.25) is 0 Å². The topological polar surface area (TPSA) is 115 Å². The van der Waals surface area contributed by atoms with Crippen LogP contribution in [0.1, 0.15) is 28.8 Å². The molecule has 0 aromatic carbocycles. The second-order valence-corrected chi connectivity index (χ2v) is 3.97. The van der Waals surface area contributed by atoms with Crippen LogP contribution in [0.4, 0.5) is 0 Å². The number of nitrogens with two attached hydrogens (primary N) is 2. The highest BCUT2D eigenvalue weighted by Crippen LogP contribution is 2.16. The Morgan fingerprint density at radius 3 is 2.67 bits per heavy atom. The number of primary amides is 1. The monoisotopic (exact) mass is 254 g/mol. The zero-order valence-electron chi connectivity index (χ0n) is 10.5. The summed E-state index contributed by atoms with van der Waals surface area (Å²) < 4.78 is 5.40. The van der Waals surface area contributed by atoms with Gasteiger partial charge in [0.05, 0.1) is 13.1 Å².